The second kappa shape index (κ2) is 2.69. The largest absolute Gasteiger partial charge is 0.0690 e. The molecule has 1 aliphatic heterocycles. The fourth-order valence-corrected chi connectivity index (χ4v) is 4.83. The number of hydrogen-bond acceptors (Lipinski definition) is 0. The highest BCUT2D eigenvalue weighted by Crippen LogP contribution is 2.43. The van der Waals surface area contributed by atoms with Crippen LogP contribution in [-0.4, -0.2) is 8.07 Å². The zero-order valence-electron chi connectivity index (χ0n) is 7.78. The monoisotopic (exact) mass is 156 g/mol. The molecule has 0 saturated carbocycles. The lowest BCUT2D eigenvalue weighted by molar-refractivity contribution is 0.577. The van der Waals surface area contributed by atoms with Crippen molar-refractivity contribution in [3.8, 4) is 0 Å². The summed E-state index contributed by atoms with van der Waals surface area (Å²) in [6, 6.07) is 0. The summed E-state index contributed by atoms with van der Waals surface area (Å²) in [5, 5.41) is 0. The highest BCUT2D eigenvalue weighted by atomic mass is 28.3. The van der Waals surface area contributed by atoms with Gasteiger partial charge in [0.1, 0.15) is 0 Å². The molecule has 0 N–H and O–H groups in total. The van der Waals surface area contributed by atoms with Gasteiger partial charge in [-0.15, -0.1) is 0 Å². The minimum Gasteiger partial charge on any atom is -0.0690 e. The van der Waals surface area contributed by atoms with E-state index < -0.39 is 8.07 Å². The average molecular weight is 156 g/mol. The van der Waals surface area contributed by atoms with Gasteiger partial charge in [-0.25, -0.2) is 0 Å². The predicted octanol–water partition coefficient (Wildman–Crippen LogP) is 3.66. The Kier molecular flexibility index (Phi) is 2.23. The number of hydrogen-bond donors (Lipinski definition) is 0. The molecule has 1 rings (SSSR count). The van der Waals surface area contributed by atoms with Gasteiger partial charge in [0.15, 0.2) is 0 Å². The molecule has 0 aromatic heterocycles. The van der Waals surface area contributed by atoms with E-state index in [9.17, 15) is 0 Å². The van der Waals surface area contributed by atoms with Crippen molar-refractivity contribution in [2.75, 3.05) is 0 Å². The molecule has 10 heavy (non-hydrogen) atoms. The Labute approximate surface area is 66.0 Å². The molecule has 1 heteroatoms. The summed E-state index contributed by atoms with van der Waals surface area (Å²) in [7, 11) is -0.797. The zero-order chi connectivity index (χ0) is 7.78. The van der Waals surface area contributed by atoms with Gasteiger partial charge in [0.05, 0.1) is 8.07 Å². The van der Waals surface area contributed by atoms with Gasteiger partial charge in [-0.3, -0.25) is 0 Å². The molecule has 0 amide bonds. The van der Waals surface area contributed by atoms with Crippen LogP contribution in [0.3, 0.4) is 0 Å². The highest BCUT2D eigenvalue weighted by Gasteiger charge is 2.36. The van der Waals surface area contributed by atoms with Crippen LogP contribution in [0.4, 0.5) is 0 Å². The Balaban J connectivity index is 2.63. The Hall–Kier alpha value is 0.217. The van der Waals surface area contributed by atoms with E-state index in [4.69, 9.17) is 0 Å². The quantitative estimate of drug-likeness (QED) is 0.470. The summed E-state index contributed by atoms with van der Waals surface area (Å²) in [4.78, 5) is 0. The van der Waals surface area contributed by atoms with Crippen LogP contribution in [-0.2, 0) is 0 Å². The van der Waals surface area contributed by atoms with Gasteiger partial charge in [-0.05, 0) is 11.1 Å². The van der Waals surface area contributed by atoms with E-state index in [1.807, 2.05) is 0 Å². The van der Waals surface area contributed by atoms with E-state index in [0.717, 1.165) is 11.1 Å². The second-order valence-corrected chi connectivity index (χ2v) is 10.2. The molecule has 0 bridgehead atoms. The Morgan fingerprint density at radius 1 is 1.00 bits per heavy atom. The van der Waals surface area contributed by atoms with E-state index in [-0.39, 0.29) is 0 Å². The summed E-state index contributed by atoms with van der Waals surface area (Å²) in [5.41, 5.74) is 2.13. The maximum atomic E-state index is 2.56. The summed E-state index contributed by atoms with van der Waals surface area (Å²) in [6.45, 7) is 10.0. The van der Waals surface area contributed by atoms with Crippen molar-refractivity contribution >= 4 is 8.07 Å². The topological polar surface area (TPSA) is 0 Å². The molecule has 0 aliphatic carbocycles. The predicted molar refractivity (Wildman–Crippen MR) is 50.2 cm³/mol. The molecular formula is C9H20Si. The molecular weight excluding hydrogens is 136 g/mol. The van der Waals surface area contributed by atoms with Crippen molar-refractivity contribution in [2.24, 2.45) is 0 Å². The van der Waals surface area contributed by atoms with Gasteiger partial charge in [-0.1, -0.05) is 46.2 Å². The molecule has 0 radical (unpaired) electrons. The molecule has 0 unspecified atom stereocenters. The Bertz CT molecular complexity index is 106. The third-order valence-corrected chi connectivity index (χ3v) is 9.47. The standard InChI is InChI=1S/C9H20Si/c1-8-6-5-7-9(2)10(8,3)4/h8-9H,5-7H2,1-4H3/t8-,9+. The molecule has 0 nitrogen and oxygen atoms in total. The van der Waals surface area contributed by atoms with E-state index >= 15 is 0 Å². The van der Waals surface area contributed by atoms with Gasteiger partial charge in [0, 0.05) is 0 Å². The smallest absolute Gasteiger partial charge is 0.0530 e. The molecule has 1 saturated heterocycles. The Morgan fingerprint density at radius 2 is 1.40 bits per heavy atom. The molecule has 60 valence electrons. The van der Waals surface area contributed by atoms with Gasteiger partial charge < -0.3 is 0 Å². The molecule has 1 fully saturated rings. The van der Waals surface area contributed by atoms with E-state index in [1.54, 1.807) is 0 Å². The summed E-state index contributed by atoms with van der Waals surface area (Å²) >= 11 is 0. The highest BCUT2D eigenvalue weighted by molar-refractivity contribution is 6.80. The fourth-order valence-electron chi connectivity index (χ4n) is 1.96. The number of rotatable bonds is 0. The molecule has 0 aromatic rings. The van der Waals surface area contributed by atoms with Gasteiger partial charge >= 0.3 is 0 Å². The average Bonchev–Trinajstić information content (AvgIpc) is 1.84. The van der Waals surface area contributed by atoms with Crippen LogP contribution < -0.4 is 0 Å². The second-order valence-electron chi connectivity index (χ2n) is 4.55. The third kappa shape index (κ3) is 1.29. The lowest BCUT2D eigenvalue weighted by Gasteiger charge is -2.40. The van der Waals surface area contributed by atoms with Gasteiger partial charge in [0.25, 0.3) is 0 Å². The SMILES string of the molecule is C[C@@H]1CCC[C@H](C)[Si]1(C)C. The van der Waals surface area contributed by atoms with Crippen molar-refractivity contribution < 1.29 is 0 Å². The van der Waals surface area contributed by atoms with Crippen molar-refractivity contribution in [2.45, 2.75) is 57.3 Å². The summed E-state index contributed by atoms with van der Waals surface area (Å²) < 4.78 is 0. The van der Waals surface area contributed by atoms with Crippen LogP contribution >= 0.6 is 0 Å². The lowest BCUT2D eigenvalue weighted by atomic mass is 10.1. The van der Waals surface area contributed by atoms with Crippen molar-refractivity contribution in [3.05, 3.63) is 0 Å². The first kappa shape index (κ1) is 8.31. The van der Waals surface area contributed by atoms with E-state index in [2.05, 4.69) is 26.9 Å². The first-order valence-electron chi connectivity index (χ1n) is 4.55. The van der Waals surface area contributed by atoms with Crippen LogP contribution in [0, 0.1) is 0 Å². The van der Waals surface area contributed by atoms with Gasteiger partial charge in [0.2, 0.25) is 0 Å². The van der Waals surface area contributed by atoms with E-state index in [0.29, 0.717) is 0 Å². The van der Waals surface area contributed by atoms with Crippen molar-refractivity contribution in [1.82, 2.24) is 0 Å². The summed E-state index contributed by atoms with van der Waals surface area (Å²) in [6.07, 6.45) is 4.49. The van der Waals surface area contributed by atoms with E-state index in [1.165, 1.54) is 19.3 Å². The first-order valence-corrected chi connectivity index (χ1v) is 7.70. The molecule has 1 heterocycles. The summed E-state index contributed by atoms with van der Waals surface area (Å²) in [5.74, 6) is 0. The normalized spacial score (nSPS) is 39.6. The van der Waals surface area contributed by atoms with Crippen LogP contribution in [0.2, 0.25) is 24.2 Å². The van der Waals surface area contributed by atoms with Crippen molar-refractivity contribution in [1.29, 1.82) is 0 Å². The Morgan fingerprint density at radius 3 is 1.70 bits per heavy atom. The maximum absolute atomic E-state index is 2.56. The third-order valence-electron chi connectivity index (χ3n) is 3.81. The minimum absolute atomic E-state index is 0.797. The van der Waals surface area contributed by atoms with Crippen LogP contribution in [0.1, 0.15) is 33.1 Å². The van der Waals surface area contributed by atoms with Crippen LogP contribution in [0.5, 0.6) is 0 Å². The van der Waals surface area contributed by atoms with Gasteiger partial charge in [-0.2, -0.15) is 0 Å². The molecule has 1 aliphatic rings. The lowest BCUT2D eigenvalue weighted by Crippen LogP contribution is -2.38. The van der Waals surface area contributed by atoms with Crippen molar-refractivity contribution in [3.63, 3.8) is 0 Å². The minimum atomic E-state index is -0.797. The molecule has 2 atom stereocenters. The molecule has 0 aromatic carbocycles. The fraction of sp³-hybridized carbons (Fsp3) is 1.00. The van der Waals surface area contributed by atoms with Crippen LogP contribution in [0.25, 0.3) is 0 Å². The maximum Gasteiger partial charge on any atom is 0.0530 e. The molecule has 0 spiro atoms. The zero-order valence-corrected chi connectivity index (χ0v) is 8.78. The first-order chi connectivity index (χ1) is 4.55. The van der Waals surface area contributed by atoms with Crippen LogP contribution in [0.15, 0.2) is 0 Å².